The molecule has 2 aromatic rings. The first-order valence-corrected chi connectivity index (χ1v) is 6.62. The van der Waals surface area contributed by atoms with Gasteiger partial charge in [0, 0.05) is 5.56 Å². The zero-order chi connectivity index (χ0) is 11.8. The zero-order valence-electron chi connectivity index (χ0n) is 9.59. The lowest BCUT2D eigenvalue weighted by atomic mass is 10.1. The Kier molecular flexibility index (Phi) is 2.82. The van der Waals surface area contributed by atoms with E-state index < -0.39 is 0 Å². The third-order valence-electron chi connectivity index (χ3n) is 3.22. The summed E-state index contributed by atoms with van der Waals surface area (Å²) in [4.78, 5) is 8.55. The molecule has 5 heteroatoms. The molecule has 2 atom stereocenters. The molecule has 2 aromatic heterocycles. The molecule has 1 aliphatic heterocycles. The van der Waals surface area contributed by atoms with Crippen LogP contribution in [0.2, 0.25) is 0 Å². The van der Waals surface area contributed by atoms with Crippen LogP contribution < -0.4 is 0 Å². The summed E-state index contributed by atoms with van der Waals surface area (Å²) in [5.74, 6) is 0. The van der Waals surface area contributed by atoms with Gasteiger partial charge < -0.3 is 9.84 Å². The summed E-state index contributed by atoms with van der Waals surface area (Å²) >= 11 is 1.67. The summed E-state index contributed by atoms with van der Waals surface area (Å²) < 4.78 is 6.94. The number of hydrogen-bond acceptors (Lipinski definition) is 5. The second kappa shape index (κ2) is 4.33. The van der Waals surface area contributed by atoms with Gasteiger partial charge in [0.15, 0.2) is 0 Å². The Morgan fingerprint density at radius 2 is 2.35 bits per heavy atom. The monoisotopic (exact) mass is 250 g/mol. The highest BCUT2D eigenvalue weighted by Gasteiger charge is 2.28. The Morgan fingerprint density at radius 3 is 3.12 bits per heavy atom. The first-order valence-electron chi connectivity index (χ1n) is 5.74. The quantitative estimate of drug-likeness (QED) is 0.888. The van der Waals surface area contributed by atoms with Crippen LogP contribution in [-0.4, -0.2) is 27.8 Å². The van der Waals surface area contributed by atoms with Gasteiger partial charge in [-0.2, -0.15) is 0 Å². The SMILES string of the molecule is Cc1ncnc2c(C3CCC(CO)O3)csc12. The maximum absolute atomic E-state index is 9.09. The number of rotatable bonds is 2. The number of nitrogens with zero attached hydrogens (tertiary/aromatic N) is 2. The molecule has 2 unspecified atom stereocenters. The summed E-state index contributed by atoms with van der Waals surface area (Å²) in [5, 5.41) is 11.2. The number of aliphatic hydroxyl groups is 1. The fourth-order valence-electron chi connectivity index (χ4n) is 2.28. The molecular weight excluding hydrogens is 236 g/mol. The molecule has 3 rings (SSSR count). The third-order valence-corrected chi connectivity index (χ3v) is 4.31. The van der Waals surface area contributed by atoms with Crippen LogP contribution in [0.15, 0.2) is 11.7 Å². The van der Waals surface area contributed by atoms with Crippen molar-refractivity contribution in [3.63, 3.8) is 0 Å². The number of aromatic nitrogens is 2. The van der Waals surface area contributed by atoms with E-state index in [4.69, 9.17) is 9.84 Å². The van der Waals surface area contributed by atoms with Crippen LogP contribution >= 0.6 is 11.3 Å². The third kappa shape index (κ3) is 1.84. The van der Waals surface area contributed by atoms with Gasteiger partial charge in [-0.05, 0) is 25.1 Å². The maximum Gasteiger partial charge on any atom is 0.116 e. The van der Waals surface area contributed by atoms with Gasteiger partial charge in [0.05, 0.1) is 34.7 Å². The van der Waals surface area contributed by atoms with E-state index in [2.05, 4.69) is 15.3 Å². The first-order chi connectivity index (χ1) is 8.29. The lowest BCUT2D eigenvalue weighted by Gasteiger charge is -2.10. The molecule has 0 amide bonds. The van der Waals surface area contributed by atoms with Crippen molar-refractivity contribution in [3.8, 4) is 0 Å². The molecule has 3 heterocycles. The van der Waals surface area contributed by atoms with Crippen LogP contribution in [0, 0.1) is 6.92 Å². The molecule has 1 fully saturated rings. The van der Waals surface area contributed by atoms with E-state index in [1.54, 1.807) is 17.7 Å². The average molecular weight is 250 g/mol. The molecule has 1 aliphatic rings. The Bertz CT molecular complexity index is 540. The minimum Gasteiger partial charge on any atom is -0.394 e. The van der Waals surface area contributed by atoms with Crippen molar-refractivity contribution < 1.29 is 9.84 Å². The highest BCUT2D eigenvalue weighted by Crippen LogP contribution is 2.38. The minimum atomic E-state index is -0.0158. The van der Waals surface area contributed by atoms with Crippen molar-refractivity contribution in [1.82, 2.24) is 9.97 Å². The van der Waals surface area contributed by atoms with Crippen molar-refractivity contribution in [2.45, 2.75) is 32.0 Å². The summed E-state index contributed by atoms with van der Waals surface area (Å²) in [6.07, 6.45) is 3.54. The molecular formula is C12H14N2O2S. The topological polar surface area (TPSA) is 55.2 Å². The largest absolute Gasteiger partial charge is 0.394 e. The molecule has 4 nitrogen and oxygen atoms in total. The molecule has 0 bridgehead atoms. The molecule has 0 radical (unpaired) electrons. The molecule has 0 aliphatic carbocycles. The molecule has 1 saturated heterocycles. The van der Waals surface area contributed by atoms with Crippen molar-refractivity contribution in [3.05, 3.63) is 23.0 Å². The Balaban J connectivity index is 1.99. The van der Waals surface area contributed by atoms with Crippen LogP contribution in [0.4, 0.5) is 0 Å². The van der Waals surface area contributed by atoms with E-state index in [1.807, 2.05) is 6.92 Å². The lowest BCUT2D eigenvalue weighted by molar-refractivity contribution is 0.0116. The van der Waals surface area contributed by atoms with Crippen LogP contribution in [0.25, 0.3) is 10.2 Å². The minimum absolute atomic E-state index is 0.0158. The molecule has 1 N–H and O–H groups in total. The zero-order valence-corrected chi connectivity index (χ0v) is 10.4. The van der Waals surface area contributed by atoms with Gasteiger partial charge in [0.1, 0.15) is 6.33 Å². The Labute approximate surface area is 103 Å². The number of thiophene rings is 1. The van der Waals surface area contributed by atoms with Gasteiger partial charge in [-0.3, -0.25) is 0 Å². The van der Waals surface area contributed by atoms with Crippen molar-refractivity contribution in [2.75, 3.05) is 6.61 Å². The van der Waals surface area contributed by atoms with Gasteiger partial charge in [-0.25, -0.2) is 9.97 Å². The van der Waals surface area contributed by atoms with E-state index >= 15 is 0 Å². The fraction of sp³-hybridized carbons (Fsp3) is 0.500. The van der Waals surface area contributed by atoms with Gasteiger partial charge in [-0.15, -0.1) is 11.3 Å². The van der Waals surface area contributed by atoms with Crippen LogP contribution in [-0.2, 0) is 4.74 Å². The smallest absolute Gasteiger partial charge is 0.116 e. The van der Waals surface area contributed by atoms with E-state index in [0.717, 1.165) is 34.3 Å². The molecule has 0 spiro atoms. The Hall–Kier alpha value is -1.04. The van der Waals surface area contributed by atoms with E-state index in [9.17, 15) is 0 Å². The molecule has 0 saturated carbocycles. The van der Waals surface area contributed by atoms with Crippen molar-refractivity contribution >= 4 is 21.6 Å². The summed E-state index contributed by atoms with van der Waals surface area (Å²) in [6.45, 7) is 2.10. The predicted octanol–water partition coefficient (Wildman–Crippen LogP) is 2.21. The van der Waals surface area contributed by atoms with E-state index in [1.165, 1.54) is 0 Å². The van der Waals surface area contributed by atoms with Gasteiger partial charge >= 0.3 is 0 Å². The first kappa shape index (κ1) is 11.1. The molecule has 90 valence electrons. The lowest BCUT2D eigenvalue weighted by Crippen LogP contribution is -2.10. The summed E-state index contributed by atoms with van der Waals surface area (Å²) in [7, 11) is 0. The van der Waals surface area contributed by atoms with Crippen molar-refractivity contribution in [2.24, 2.45) is 0 Å². The standard InChI is InChI=1S/C12H14N2O2S/c1-7-12-11(14-6-13-7)9(5-17-12)10-3-2-8(4-15)16-10/h5-6,8,10,15H,2-4H2,1H3. The second-order valence-electron chi connectivity index (χ2n) is 4.33. The Morgan fingerprint density at radius 1 is 1.47 bits per heavy atom. The number of aliphatic hydroxyl groups excluding tert-OH is 1. The van der Waals surface area contributed by atoms with Gasteiger partial charge in [-0.1, -0.05) is 0 Å². The summed E-state index contributed by atoms with van der Waals surface area (Å²) in [6, 6.07) is 0. The summed E-state index contributed by atoms with van der Waals surface area (Å²) in [5.41, 5.74) is 3.17. The van der Waals surface area contributed by atoms with E-state index in [-0.39, 0.29) is 18.8 Å². The van der Waals surface area contributed by atoms with Gasteiger partial charge in [0.2, 0.25) is 0 Å². The number of aryl methyl sites for hydroxylation is 1. The highest BCUT2D eigenvalue weighted by atomic mass is 32.1. The average Bonchev–Trinajstić information content (AvgIpc) is 2.94. The van der Waals surface area contributed by atoms with E-state index in [0.29, 0.717) is 0 Å². The van der Waals surface area contributed by atoms with Crippen LogP contribution in [0.3, 0.4) is 0 Å². The predicted molar refractivity (Wildman–Crippen MR) is 66.1 cm³/mol. The molecule has 0 aromatic carbocycles. The number of hydrogen-bond donors (Lipinski definition) is 1. The van der Waals surface area contributed by atoms with Crippen molar-refractivity contribution in [1.29, 1.82) is 0 Å². The highest BCUT2D eigenvalue weighted by molar-refractivity contribution is 7.17. The second-order valence-corrected chi connectivity index (χ2v) is 5.21. The number of fused-ring (bicyclic) bond motifs is 1. The van der Waals surface area contributed by atoms with Crippen LogP contribution in [0.5, 0.6) is 0 Å². The fourth-order valence-corrected chi connectivity index (χ4v) is 3.30. The molecule has 17 heavy (non-hydrogen) atoms. The van der Waals surface area contributed by atoms with Crippen LogP contribution in [0.1, 0.15) is 30.2 Å². The normalized spacial score (nSPS) is 24.6. The number of ether oxygens (including phenoxy) is 1. The van der Waals surface area contributed by atoms with Gasteiger partial charge in [0.25, 0.3) is 0 Å². The maximum atomic E-state index is 9.09.